The van der Waals surface area contributed by atoms with Crippen LogP contribution in [0, 0.1) is 27.7 Å². The van der Waals surface area contributed by atoms with E-state index in [4.69, 9.17) is 4.74 Å². The number of aliphatic hydroxyl groups excluding tert-OH is 1. The summed E-state index contributed by atoms with van der Waals surface area (Å²) in [6.07, 6.45) is -8.86. The fourth-order valence-electron chi connectivity index (χ4n) is 4.62. The summed E-state index contributed by atoms with van der Waals surface area (Å²) >= 11 is 0. The molecule has 0 aliphatic carbocycles. The summed E-state index contributed by atoms with van der Waals surface area (Å²) in [6, 6.07) is 5.72. The largest absolute Gasteiger partial charge is 0.471 e. The van der Waals surface area contributed by atoms with Crippen LogP contribution < -0.4 is 10.1 Å². The fourth-order valence-corrected chi connectivity index (χ4v) is 6.27. The van der Waals surface area contributed by atoms with Gasteiger partial charge in [0.1, 0.15) is 5.82 Å². The van der Waals surface area contributed by atoms with Crippen LogP contribution in [0.15, 0.2) is 30.3 Å². The number of ether oxygens (including phenoxy) is 2. The molecule has 2 aromatic rings. The molecule has 0 spiro atoms. The summed E-state index contributed by atoms with van der Waals surface area (Å²) < 4.78 is 91.3. The van der Waals surface area contributed by atoms with Gasteiger partial charge in [0.2, 0.25) is 17.7 Å². The third kappa shape index (κ3) is 8.43. The minimum Gasteiger partial charge on any atom is -0.471 e. The lowest BCUT2D eigenvalue weighted by atomic mass is 9.86. The molecular weight excluding hydrogens is 575 g/mol. The molecule has 228 valence electrons. The van der Waals surface area contributed by atoms with Crippen molar-refractivity contribution in [2.24, 2.45) is 5.92 Å². The van der Waals surface area contributed by atoms with Crippen LogP contribution in [0.25, 0.3) is 0 Å². The SMILES string of the molecule is COC[C@@H](Oc1cc(C[C@@H]2C[S@@](=O)C[C@H](NCc3cc(C(C)(C)C)ccc3F)[C@H]2O)cc(F)c1[N+](=O)[O-])C(F)(F)F. The minimum atomic E-state index is -4.96. The van der Waals surface area contributed by atoms with Gasteiger partial charge in [-0.3, -0.25) is 14.3 Å². The van der Waals surface area contributed by atoms with E-state index in [9.17, 15) is 41.4 Å². The smallest absolute Gasteiger partial charge is 0.427 e. The highest BCUT2D eigenvalue weighted by molar-refractivity contribution is 7.85. The molecule has 5 atom stereocenters. The second-order valence-corrected chi connectivity index (χ2v) is 12.6. The molecule has 1 aliphatic rings. The number of nitro benzene ring substituents is 1. The number of alkyl halides is 3. The Balaban J connectivity index is 1.83. The molecule has 1 fully saturated rings. The summed E-state index contributed by atoms with van der Waals surface area (Å²) in [7, 11) is -0.453. The van der Waals surface area contributed by atoms with Crippen molar-refractivity contribution >= 4 is 16.5 Å². The van der Waals surface area contributed by atoms with Crippen LogP contribution in [0.2, 0.25) is 0 Å². The molecule has 1 aliphatic heterocycles. The first-order valence-electron chi connectivity index (χ1n) is 12.8. The van der Waals surface area contributed by atoms with Crippen LogP contribution in [0.5, 0.6) is 5.75 Å². The van der Waals surface area contributed by atoms with Gasteiger partial charge in [0.15, 0.2) is 0 Å². The monoisotopic (exact) mass is 608 g/mol. The topological polar surface area (TPSA) is 111 Å². The maximum Gasteiger partial charge on any atom is 0.427 e. The van der Waals surface area contributed by atoms with E-state index in [1.165, 1.54) is 6.07 Å². The van der Waals surface area contributed by atoms with E-state index in [-0.39, 0.29) is 35.4 Å². The molecule has 3 rings (SSSR count). The van der Waals surface area contributed by atoms with Crippen LogP contribution in [0.1, 0.15) is 37.5 Å². The Morgan fingerprint density at radius 2 is 1.83 bits per heavy atom. The Bertz CT molecular complexity index is 1270. The molecule has 0 aromatic heterocycles. The average Bonchev–Trinajstić information content (AvgIpc) is 2.84. The third-order valence-corrected chi connectivity index (χ3v) is 8.38. The molecule has 2 aromatic carbocycles. The second-order valence-electron chi connectivity index (χ2n) is 11.1. The van der Waals surface area contributed by atoms with Gasteiger partial charge in [-0.25, -0.2) is 4.39 Å². The van der Waals surface area contributed by atoms with E-state index in [1.807, 2.05) is 20.8 Å². The molecule has 1 saturated heterocycles. The highest BCUT2D eigenvalue weighted by Crippen LogP contribution is 2.36. The van der Waals surface area contributed by atoms with Gasteiger partial charge in [-0.05, 0) is 41.2 Å². The van der Waals surface area contributed by atoms with Gasteiger partial charge in [0, 0.05) is 53.5 Å². The van der Waals surface area contributed by atoms with Crippen LogP contribution in [-0.4, -0.2) is 63.9 Å². The maximum atomic E-state index is 14.8. The summed E-state index contributed by atoms with van der Waals surface area (Å²) in [5.74, 6) is -3.51. The van der Waals surface area contributed by atoms with Crippen molar-refractivity contribution in [2.45, 2.75) is 63.6 Å². The van der Waals surface area contributed by atoms with Crippen molar-refractivity contribution in [3.05, 3.63) is 68.8 Å². The molecule has 0 unspecified atom stereocenters. The van der Waals surface area contributed by atoms with Crippen molar-refractivity contribution in [1.82, 2.24) is 5.32 Å². The van der Waals surface area contributed by atoms with E-state index in [0.29, 0.717) is 5.56 Å². The summed E-state index contributed by atoms with van der Waals surface area (Å²) in [5, 5.41) is 25.5. The molecule has 0 bridgehead atoms. The zero-order valence-electron chi connectivity index (χ0n) is 23.0. The number of nitro groups is 1. The molecular formula is C27H33F5N2O6S. The standard InChI is InChI=1S/C27H33F5N2O6S/c1-26(2,3)18-5-6-19(28)16(10-18)11-33-21-14-41(38)13-17(25(21)35)7-15-8-20(29)24(34(36)37)22(9-15)40-23(12-39-4)27(30,31)32/h5-6,8-10,17,21,23,25,33,35H,7,11-14H2,1-4H3/t17-,21+,23-,25+,41-/m1/s1. The quantitative estimate of drug-likeness (QED) is 0.231. The van der Waals surface area contributed by atoms with Crippen molar-refractivity contribution < 1.29 is 45.7 Å². The minimum absolute atomic E-state index is 0.00311. The van der Waals surface area contributed by atoms with Gasteiger partial charge in [-0.2, -0.15) is 17.6 Å². The zero-order valence-corrected chi connectivity index (χ0v) is 23.8. The second kappa shape index (κ2) is 13.1. The van der Waals surface area contributed by atoms with Gasteiger partial charge in [-0.15, -0.1) is 0 Å². The highest BCUT2D eigenvalue weighted by Gasteiger charge is 2.43. The van der Waals surface area contributed by atoms with Gasteiger partial charge in [-0.1, -0.05) is 32.9 Å². The van der Waals surface area contributed by atoms with Crippen LogP contribution >= 0.6 is 0 Å². The molecule has 8 nitrogen and oxygen atoms in total. The van der Waals surface area contributed by atoms with E-state index in [2.05, 4.69) is 10.1 Å². The molecule has 0 amide bonds. The molecule has 2 N–H and O–H groups in total. The van der Waals surface area contributed by atoms with Gasteiger partial charge < -0.3 is 19.9 Å². The highest BCUT2D eigenvalue weighted by atomic mass is 32.2. The Morgan fingerprint density at radius 3 is 2.41 bits per heavy atom. The zero-order chi connectivity index (χ0) is 30.7. The summed E-state index contributed by atoms with van der Waals surface area (Å²) in [5.41, 5.74) is -0.242. The van der Waals surface area contributed by atoms with Crippen molar-refractivity contribution in [2.75, 3.05) is 25.2 Å². The fraction of sp³-hybridized carbons (Fsp3) is 0.556. The number of benzene rings is 2. The predicted octanol–water partition coefficient (Wildman–Crippen LogP) is 4.57. The van der Waals surface area contributed by atoms with Crippen LogP contribution in [0.4, 0.5) is 27.6 Å². The summed E-state index contributed by atoms with van der Waals surface area (Å²) in [6.45, 7) is 4.99. The number of aliphatic hydroxyl groups is 1. The van der Waals surface area contributed by atoms with E-state index in [0.717, 1.165) is 24.8 Å². The van der Waals surface area contributed by atoms with E-state index >= 15 is 0 Å². The lowest BCUT2D eigenvalue weighted by Crippen LogP contribution is -2.53. The number of nitrogens with one attached hydrogen (secondary N) is 1. The first kappa shape index (κ1) is 32.8. The van der Waals surface area contributed by atoms with E-state index < -0.39 is 75.7 Å². The maximum absolute atomic E-state index is 14.8. The lowest BCUT2D eigenvalue weighted by Gasteiger charge is -2.35. The molecule has 0 saturated carbocycles. The van der Waals surface area contributed by atoms with Crippen molar-refractivity contribution in [3.63, 3.8) is 0 Å². The molecule has 0 radical (unpaired) electrons. The molecule has 14 heteroatoms. The van der Waals surface area contributed by atoms with Gasteiger partial charge >= 0.3 is 11.9 Å². The number of hydrogen-bond acceptors (Lipinski definition) is 7. The molecule has 1 heterocycles. The van der Waals surface area contributed by atoms with Crippen molar-refractivity contribution in [1.29, 1.82) is 0 Å². The predicted molar refractivity (Wildman–Crippen MR) is 142 cm³/mol. The number of hydrogen-bond donors (Lipinski definition) is 2. The Labute approximate surface area is 236 Å². The van der Waals surface area contributed by atoms with E-state index in [1.54, 1.807) is 12.1 Å². The number of rotatable bonds is 10. The Hall–Kier alpha value is -2.68. The third-order valence-electron chi connectivity index (χ3n) is 6.85. The number of halogens is 5. The van der Waals surface area contributed by atoms with Crippen LogP contribution in [-0.2, 0) is 33.9 Å². The number of methoxy groups -OCH3 is 1. The Kier molecular flexibility index (Phi) is 10.5. The first-order chi connectivity index (χ1) is 19.0. The van der Waals surface area contributed by atoms with Crippen molar-refractivity contribution in [3.8, 4) is 5.75 Å². The summed E-state index contributed by atoms with van der Waals surface area (Å²) in [4.78, 5) is 10.2. The molecule has 41 heavy (non-hydrogen) atoms. The van der Waals surface area contributed by atoms with Gasteiger partial charge in [0.05, 0.1) is 17.6 Å². The average molecular weight is 609 g/mol. The Morgan fingerprint density at radius 1 is 1.15 bits per heavy atom. The van der Waals surface area contributed by atoms with Crippen LogP contribution in [0.3, 0.4) is 0 Å². The first-order valence-corrected chi connectivity index (χ1v) is 14.2. The van der Waals surface area contributed by atoms with Gasteiger partial charge in [0.25, 0.3) is 0 Å². The number of nitrogens with zero attached hydrogens (tertiary/aromatic N) is 1. The normalized spacial score (nSPS) is 22.4. The lowest BCUT2D eigenvalue weighted by molar-refractivity contribution is -0.389.